The van der Waals surface area contributed by atoms with Crippen LogP contribution in [0.2, 0.25) is 0 Å². The summed E-state index contributed by atoms with van der Waals surface area (Å²) >= 11 is 1.34. The van der Waals surface area contributed by atoms with E-state index in [4.69, 9.17) is 8.92 Å². The van der Waals surface area contributed by atoms with Gasteiger partial charge in [0.2, 0.25) is 0 Å². The summed E-state index contributed by atoms with van der Waals surface area (Å²) in [6, 6.07) is 13.2. The van der Waals surface area contributed by atoms with Crippen LogP contribution in [0.3, 0.4) is 0 Å². The molecule has 3 nitrogen and oxygen atoms in total. The third-order valence-corrected chi connectivity index (χ3v) is 5.28. The van der Waals surface area contributed by atoms with Crippen molar-refractivity contribution in [3.63, 3.8) is 0 Å². The number of nitrogens with one attached hydrogen (secondary N) is 1. The summed E-state index contributed by atoms with van der Waals surface area (Å²) in [5.41, 5.74) is 2.29. The molecule has 0 radical (unpaired) electrons. The van der Waals surface area contributed by atoms with Gasteiger partial charge in [-0.2, -0.15) is 0 Å². The predicted molar refractivity (Wildman–Crippen MR) is 99.8 cm³/mol. The third kappa shape index (κ3) is 4.54. The maximum absolute atomic E-state index is 13.6. The smallest absolute Gasteiger partial charge is 0.123 e. The van der Waals surface area contributed by atoms with E-state index in [0.29, 0.717) is 12.5 Å². The Morgan fingerprint density at radius 1 is 1.32 bits per heavy atom. The molecule has 0 bridgehead atoms. The van der Waals surface area contributed by atoms with E-state index in [1.165, 1.54) is 23.7 Å². The van der Waals surface area contributed by atoms with Crippen molar-refractivity contribution in [2.24, 2.45) is 0 Å². The van der Waals surface area contributed by atoms with Crippen LogP contribution in [0.4, 0.5) is 4.39 Å². The van der Waals surface area contributed by atoms with Gasteiger partial charge in [0.05, 0.1) is 13.7 Å². The van der Waals surface area contributed by atoms with Gasteiger partial charge in [0, 0.05) is 23.5 Å². The molecule has 2 atom stereocenters. The highest BCUT2D eigenvalue weighted by molar-refractivity contribution is 7.94. The zero-order valence-corrected chi connectivity index (χ0v) is 15.4. The summed E-state index contributed by atoms with van der Waals surface area (Å²) in [6.45, 7) is 1.54. The number of fused-ring (bicyclic) bond motifs is 1. The lowest BCUT2D eigenvalue weighted by molar-refractivity contribution is 0.257. The van der Waals surface area contributed by atoms with Crippen molar-refractivity contribution in [1.82, 2.24) is 5.32 Å². The zero-order valence-electron chi connectivity index (χ0n) is 14.6. The summed E-state index contributed by atoms with van der Waals surface area (Å²) in [5, 5.41) is 3.25. The van der Waals surface area contributed by atoms with Gasteiger partial charge in [0.15, 0.2) is 0 Å². The summed E-state index contributed by atoms with van der Waals surface area (Å²) in [4.78, 5) is 1.04. The molecule has 3 rings (SSSR count). The van der Waals surface area contributed by atoms with Crippen LogP contribution in [-0.2, 0) is 4.18 Å². The number of likely N-dealkylation sites (N-methyl/N-ethyl adjacent to an activating group) is 1. The maximum atomic E-state index is 13.6. The molecule has 0 amide bonds. The van der Waals surface area contributed by atoms with Gasteiger partial charge >= 0.3 is 0 Å². The maximum Gasteiger partial charge on any atom is 0.123 e. The van der Waals surface area contributed by atoms with Crippen molar-refractivity contribution >= 4 is 12.0 Å². The minimum atomic E-state index is -0.174. The molecule has 2 unspecified atom stereocenters. The van der Waals surface area contributed by atoms with E-state index >= 15 is 0 Å². The Labute approximate surface area is 153 Å². The van der Waals surface area contributed by atoms with Gasteiger partial charge in [-0.25, -0.2) is 4.39 Å². The second-order valence-electron chi connectivity index (χ2n) is 6.33. The first-order chi connectivity index (χ1) is 12.2. The Balaban J connectivity index is 1.82. The zero-order chi connectivity index (χ0) is 17.6. The van der Waals surface area contributed by atoms with Crippen LogP contribution in [0.5, 0.6) is 5.75 Å². The predicted octanol–water partition coefficient (Wildman–Crippen LogP) is 4.74. The van der Waals surface area contributed by atoms with Crippen LogP contribution in [-0.4, -0.2) is 27.3 Å². The Kier molecular flexibility index (Phi) is 6.34. The quantitative estimate of drug-likeness (QED) is 0.722. The van der Waals surface area contributed by atoms with E-state index in [2.05, 4.69) is 17.4 Å². The highest BCUT2D eigenvalue weighted by Crippen LogP contribution is 2.41. The van der Waals surface area contributed by atoms with Gasteiger partial charge in [-0.3, -0.25) is 0 Å². The molecule has 0 spiro atoms. The first-order valence-electron chi connectivity index (χ1n) is 8.58. The molecule has 5 heteroatoms. The number of hydrogen-bond acceptors (Lipinski definition) is 4. The van der Waals surface area contributed by atoms with Crippen LogP contribution >= 0.6 is 12.0 Å². The van der Waals surface area contributed by atoms with Crippen molar-refractivity contribution in [3.05, 3.63) is 59.4 Å². The monoisotopic (exact) mass is 361 g/mol. The number of benzene rings is 2. The van der Waals surface area contributed by atoms with E-state index in [9.17, 15) is 4.39 Å². The fraction of sp³-hybridized carbons (Fsp3) is 0.400. The summed E-state index contributed by atoms with van der Waals surface area (Å²) < 4.78 is 24.6. The molecule has 0 saturated carbocycles. The van der Waals surface area contributed by atoms with Crippen LogP contribution in [0.1, 0.15) is 35.8 Å². The molecular formula is C20H24FNO2S. The second kappa shape index (κ2) is 8.70. The molecule has 0 aromatic heterocycles. The number of hydrogen-bond donors (Lipinski definition) is 1. The number of ether oxygens (including phenoxy) is 1. The Hall–Kier alpha value is -1.56. The summed E-state index contributed by atoms with van der Waals surface area (Å²) in [7, 11) is 3.60. The molecule has 0 fully saturated rings. The molecule has 1 heterocycles. The van der Waals surface area contributed by atoms with Gasteiger partial charge in [-0.05, 0) is 67.1 Å². The van der Waals surface area contributed by atoms with Gasteiger partial charge in [-0.1, -0.05) is 18.2 Å². The highest BCUT2D eigenvalue weighted by Gasteiger charge is 2.25. The topological polar surface area (TPSA) is 30.5 Å². The lowest BCUT2D eigenvalue weighted by Crippen LogP contribution is -2.22. The van der Waals surface area contributed by atoms with Gasteiger partial charge in [-0.15, -0.1) is 0 Å². The average Bonchev–Trinajstić information content (AvgIpc) is 2.61. The fourth-order valence-corrected chi connectivity index (χ4v) is 4.00. The molecule has 25 heavy (non-hydrogen) atoms. The Morgan fingerprint density at radius 2 is 2.20 bits per heavy atom. The molecule has 2 aromatic rings. The first kappa shape index (κ1) is 18.2. The molecule has 134 valence electrons. The molecular weight excluding hydrogens is 337 g/mol. The van der Waals surface area contributed by atoms with Crippen LogP contribution in [0.15, 0.2) is 47.4 Å². The van der Waals surface area contributed by atoms with Crippen molar-refractivity contribution in [2.45, 2.75) is 29.6 Å². The van der Waals surface area contributed by atoms with Crippen molar-refractivity contribution in [3.8, 4) is 5.75 Å². The molecule has 1 N–H and O–H groups in total. The van der Waals surface area contributed by atoms with Crippen molar-refractivity contribution in [2.75, 3.05) is 27.3 Å². The fourth-order valence-electron chi connectivity index (χ4n) is 3.52. The van der Waals surface area contributed by atoms with E-state index in [-0.39, 0.29) is 11.7 Å². The molecule has 1 aliphatic heterocycles. The Bertz CT molecular complexity index is 710. The SMILES string of the molecule is CNCC(CC1CCOc2cc(SOC)ccc21)c1cccc(F)c1. The van der Waals surface area contributed by atoms with Gasteiger partial charge in [0.1, 0.15) is 11.6 Å². The molecule has 2 aromatic carbocycles. The number of rotatable bonds is 7. The normalized spacial score (nSPS) is 17.6. The highest BCUT2D eigenvalue weighted by atomic mass is 32.2. The molecule has 0 saturated heterocycles. The lowest BCUT2D eigenvalue weighted by atomic mass is 9.82. The van der Waals surface area contributed by atoms with Gasteiger partial charge < -0.3 is 14.2 Å². The van der Waals surface area contributed by atoms with E-state index in [1.807, 2.05) is 19.2 Å². The average molecular weight is 361 g/mol. The largest absolute Gasteiger partial charge is 0.493 e. The molecule has 0 aliphatic carbocycles. The van der Waals surface area contributed by atoms with E-state index in [0.717, 1.165) is 35.6 Å². The first-order valence-corrected chi connectivity index (χ1v) is 9.33. The lowest BCUT2D eigenvalue weighted by Gasteiger charge is -2.29. The van der Waals surface area contributed by atoms with E-state index < -0.39 is 0 Å². The third-order valence-electron chi connectivity index (χ3n) is 4.67. The standard InChI is InChI=1S/C20H24FNO2S/c1-22-13-16(14-4-3-5-17(21)11-14)10-15-8-9-24-20-12-18(25-23-2)6-7-19(15)20/h3-7,11-12,15-16,22H,8-10,13H2,1-2H3. The van der Waals surface area contributed by atoms with Crippen molar-refractivity contribution < 1.29 is 13.3 Å². The van der Waals surface area contributed by atoms with Crippen LogP contribution in [0.25, 0.3) is 0 Å². The minimum Gasteiger partial charge on any atom is -0.493 e. The summed E-state index contributed by atoms with van der Waals surface area (Å²) in [5.74, 6) is 1.45. The van der Waals surface area contributed by atoms with Gasteiger partial charge in [0.25, 0.3) is 0 Å². The molecule has 1 aliphatic rings. The number of halogens is 1. The Morgan fingerprint density at radius 3 is 2.96 bits per heavy atom. The van der Waals surface area contributed by atoms with Crippen LogP contribution < -0.4 is 10.1 Å². The van der Waals surface area contributed by atoms with E-state index in [1.54, 1.807) is 19.2 Å². The summed E-state index contributed by atoms with van der Waals surface area (Å²) in [6.07, 6.45) is 1.96. The minimum absolute atomic E-state index is 0.174. The second-order valence-corrected chi connectivity index (χ2v) is 7.30. The van der Waals surface area contributed by atoms with Crippen molar-refractivity contribution in [1.29, 1.82) is 0 Å². The van der Waals surface area contributed by atoms with Crippen LogP contribution in [0, 0.1) is 5.82 Å².